The number of ether oxygens (including phenoxy) is 2. The first kappa shape index (κ1) is 20.9. The second-order valence-electron chi connectivity index (χ2n) is 8.41. The van der Waals surface area contributed by atoms with Crippen molar-refractivity contribution in [3.05, 3.63) is 42.6 Å². The van der Waals surface area contributed by atoms with E-state index in [0.717, 1.165) is 92.5 Å². The Labute approximate surface area is 188 Å². The Bertz CT molecular complexity index is 1050. The molecule has 32 heavy (non-hydrogen) atoms. The van der Waals surface area contributed by atoms with Crippen molar-refractivity contribution in [3.8, 4) is 5.75 Å². The van der Waals surface area contributed by atoms with Gasteiger partial charge in [0.25, 0.3) is 0 Å². The summed E-state index contributed by atoms with van der Waals surface area (Å²) in [4.78, 5) is 20.3. The standard InChI is InChI=1S/C24H30N6O2/c1-2-22-26-8-7-23(29-22)28-17-3-5-19(6-4-17)32-21-16-18(30-11-13-31-14-12-30)15-20-24(21)27-10-9-25-20/h7-10,15-17,19H,2-6,11-14H2,1H3,(H,26,28,29)/t17-,19+. The van der Waals surface area contributed by atoms with Crippen LogP contribution in [0.4, 0.5) is 11.5 Å². The van der Waals surface area contributed by atoms with E-state index in [-0.39, 0.29) is 6.10 Å². The average molecular weight is 435 g/mol. The van der Waals surface area contributed by atoms with Crippen LogP contribution in [0.25, 0.3) is 11.0 Å². The zero-order valence-electron chi connectivity index (χ0n) is 18.5. The van der Waals surface area contributed by atoms with E-state index < -0.39 is 0 Å². The maximum Gasteiger partial charge on any atom is 0.149 e. The van der Waals surface area contributed by atoms with Gasteiger partial charge in [-0.15, -0.1) is 0 Å². The highest BCUT2D eigenvalue weighted by atomic mass is 16.5. The molecule has 0 amide bonds. The van der Waals surface area contributed by atoms with Gasteiger partial charge in [0.1, 0.15) is 22.9 Å². The molecule has 1 aliphatic carbocycles. The topological polar surface area (TPSA) is 85.3 Å². The number of aryl methyl sites for hydroxylation is 1. The summed E-state index contributed by atoms with van der Waals surface area (Å²) in [5.41, 5.74) is 2.83. The van der Waals surface area contributed by atoms with Crippen molar-refractivity contribution >= 4 is 22.5 Å². The van der Waals surface area contributed by atoms with Gasteiger partial charge in [-0.25, -0.2) is 15.0 Å². The van der Waals surface area contributed by atoms with Crippen LogP contribution in [0.3, 0.4) is 0 Å². The van der Waals surface area contributed by atoms with E-state index in [1.54, 1.807) is 12.4 Å². The van der Waals surface area contributed by atoms with E-state index in [9.17, 15) is 0 Å². The molecule has 8 heteroatoms. The van der Waals surface area contributed by atoms with Crippen molar-refractivity contribution in [3.63, 3.8) is 0 Å². The molecule has 0 bridgehead atoms. The maximum absolute atomic E-state index is 6.52. The first-order valence-electron chi connectivity index (χ1n) is 11.6. The van der Waals surface area contributed by atoms with Gasteiger partial charge >= 0.3 is 0 Å². The SMILES string of the molecule is CCc1nccc(N[C@H]2CC[C@@H](Oc3cc(N4CCOCC4)cc4nccnc34)CC2)n1. The number of benzene rings is 1. The third-order valence-electron chi connectivity index (χ3n) is 6.24. The second-order valence-corrected chi connectivity index (χ2v) is 8.41. The molecule has 2 fully saturated rings. The van der Waals surface area contributed by atoms with Crippen LogP contribution in [0.5, 0.6) is 5.75 Å². The van der Waals surface area contributed by atoms with Crippen LogP contribution in [0, 0.1) is 0 Å². The molecule has 1 N–H and O–H groups in total. The molecular formula is C24H30N6O2. The highest BCUT2D eigenvalue weighted by Gasteiger charge is 2.24. The van der Waals surface area contributed by atoms with Crippen LogP contribution in [-0.2, 0) is 11.2 Å². The Morgan fingerprint density at radius 3 is 2.66 bits per heavy atom. The molecule has 1 saturated carbocycles. The number of morpholine rings is 1. The van der Waals surface area contributed by atoms with E-state index in [1.165, 1.54) is 0 Å². The third-order valence-corrected chi connectivity index (χ3v) is 6.24. The van der Waals surface area contributed by atoms with Crippen LogP contribution in [-0.4, -0.2) is 58.4 Å². The van der Waals surface area contributed by atoms with E-state index >= 15 is 0 Å². The van der Waals surface area contributed by atoms with Crippen LogP contribution >= 0.6 is 0 Å². The van der Waals surface area contributed by atoms with E-state index in [2.05, 4.69) is 49.2 Å². The van der Waals surface area contributed by atoms with Gasteiger partial charge in [-0.05, 0) is 37.8 Å². The van der Waals surface area contributed by atoms with Gasteiger partial charge in [0.15, 0.2) is 0 Å². The van der Waals surface area contributed by atoms with Crippen molar-refractivity contribution in [1.29, 1.82) is 0 Å². The molecule has 8 nitrogen and oxygen atoms in total. The molecule has 0 radical (unpaired) electrons. The number of aromatic nitrogens is 4. The molecule has 0 spiro atoms. The summed E-state index contributed by atoms with van der Waals surface area (Å²) in [6.45, 7) is 5.33. The summed E-state index contributed by atoms with van der Waals surface area (Å²) >= 11 is 0. The summed E-state index contributed by atoms with van der Waals surface area (Å²) in [6, 6.07) is 6.59. The number of nitrogens with one attached hydrogen (secondary N) is 1. The fourth-order valence-electron chi connectivity index (χ4n) is 4.49. The van der Waals surface area contributed by atoms with Crippen molar-refractivity contribution in [2.24, 2.45) is 0 Å². The van der Waals surface area contributed by atoms with Crippen LogP contribution in [0.15, 0.2) is 36.8 Å². The third kappa shape index (κ3) is 4.75. The molecular weight excluding hydrogens is 404 g/mol. The molecule has 1 saturated heterocycles. The number of fused-ring (bicyclic) bond motifs is 1. The molecule has 168 valence electrons. The van der Waals surface area contributed by atoms with Gasteiger partial charge < -0.3 is 19.7 Å². The summed E-state index contributed by atoms with van der Waals surface area (Å²) in [5, 5.41) is 3.57. The highest BCUT2D eigenvalue weighted by Crippen LogP contribution is 2.33. The van der Waals surface area contributed by atoms with E-state index in [1.807, 2.05) is 12.3 Å². The monoisotopic (exact) mass is 434 g/mol. The predicted octanol–water partition coefficient (Wildman–Crippen LogP) is 3.62. The Morgan fingerprint density at radius 2 is 1.84 bits per heavy atom. The average Bonchev–Trinajstić information content (AvgIpc) is 2.86. The van der Waals surface area contributed by atoms with Gasteiger partial charge in [0.2, 0.25) is 0 Å². The van der Waals surface area contributed by atoms with Crippen LogP contribution in [0.1, 0.15) is 38.4 Å². The van der Waals surface area contributed by atoms with Crippen LogP contribution in [0.2, 0.25) is 0 Å². The fraction of sp³-hybridized carbons (Fsp3) is 0.500. The Balaban J connectivity index is 1.26. The molecule has 2 aliphatic rings. The van der Waals surface area contributed by atoms with E-state index in [4.69, 9.17) is 9.47 Å². The lowest BCUT2D eigenvalue weighted by Crippen LogP contribution is -2.36. The van der Waals surface area contributed by atoms with Crippen molar-refractivity contribution in [2.45, 2.75) is 51.2 Å². The molecule has 1 aromatic carbocycles. The number of anilines is 2. The zero-order valence-corrected chi connectivity index (χ0v) is 18.5. The molecule has 2 aromatic heterocycles. The van der Waals surface area contributed by atoms with Gasteiger partial charge in [0.05, 0.1) is 24.8 Å². The minimum atomic E-state index is 0.176. The fourth-order valence-corrected chi connectivity index (χ4v) is 4.49. The summed E-state index contributed by atoms with van der Waals surface area (Å²) in [6.07, 6.45) is 10.4. The van der Waals surface area contributed by atoms with E-state index in [0.29, 0.717) is 6.04 Å². The van der Waals surface area contributed by atoms with Crippen molar-refractivity contribution < 1.29 is 9.47 Å². The Kier molecular flexibility index (Phi) is 6.29. The number of rotatable bonds is 6. The van der Waals surface area contributed by atoms with Gasteiger partial charge in [-0.2, -0.15) is 0 Å². The lowest BCUT2D eigenvalue weighted by atomic mass is 9.93. The summed E-state index contributed by atoms with van der Waals surface area (Å²) in [5.74, 6) is 2.62. The van der Waals surface area contributed by atoms with Gasteiger partial charge in [0, 0.05) is 55.9 Å². The lowest BCUT2D eigenvalue weighted by Gasteiger charge is -2.31. The summed E-state index contributed by atoms with van der Waals surface area (Å²) in [7, 11) is 0. The van der Waals surface area contributed by atoms with Gasteiger partial charge in [-0.3, -0.25) is 4.98 Å². The largest absolute Gasteiger partial charge is 0.488 e. The van der Waals surface area contributed by atoms with Crippen LogP contribution < -0.4 is 15.0 Å². The first-order valence-corrected chi connectivity index (χ1v) is 11.6. The minimum Gasteiger partial charge on any atom is -0.488 e. The lowest BCUT2D eigenvalue weighted by molar-refractivity contribution is 0.122. The molecule has 3 aromatic rings. The van der Waals surface area contributed by atoms with Gasteiger partial charge in [-0.1, -0.05) is 6.92 Å². The molecule has 3 heterocycles. The Hall–Kier alpha value is -3.00. The Morgan fingerprint density at radius 1 is 1.03 bits per heavy atom. The molecule has 5 rings (SSSR count). The molecule has 0 unspecified atom stereocenters. The minimum absolute atomic E-state index is 0.176. The molecule has 0 atom stereocenters. The number of nitrogens with zero attached hydrogens (tertiary/aromatic N) is 5. The number of hydrogen-bond acceptors (Lipinski definition) is 8. The van der Waals surface area contributed by atoms with Crippen molar-refractivity contribution in [2.75, 3.05) is 36.5 Å². The maximum atomic E-state index is 6.52. The summed E-state index contributed by atoms with van der Waals surface area (Å²) < 4.78 is 12.0. The zero-order chi connectivity index (χ0) is 21.8. The van der Waals surface area contributed by atoms with Crippen molar-refractivity contribution in [1.82, 2.24) is 19.9 Å². The second kappa shape index (κ2) is 9.65. The normalized spacial score (nSPS) is 21.5. The molecule has 1 aliphatic heterocycles. The highest BCUT2D eigenvalue weighted by molar-refractivity contribution is 5.85. The number of hydrogen-bond donors (Lipinski definition) is 1. The first-order chi connectivity index (χ1) is 15.8. The predicted molar refractivity (Wildman–Crippen MR) is 124 cm³/mol. The smallest absolute Gasteiger partial charge is 0.149 e. The quantitative estimate of drug-likeness (QED) is 0.630.